The summed E-state index contributed by atoms with van der Waals surface area (Å²) in [5.74, 6) is -3.03. The van der Waals surface area contributed by atoms with Gasteiger partial charge in [-0.2, -0.15) is 0 Å². The van der Waals surface area contributed by atoms with Gasteiger partial charge in [0.05, 0.1) is 11.8 Å². The number of carboxylic acid groups (broad SMARTS) is 1. The minimum Gasteiger partial charge on any atom is -0.507 e. The second-order valence-electron chi connectivity index (χ2n) is 3.64. The van der Waals surface area contributed by atoms with Crippen molar-refractivity contribution in [2.24, 2.45) is 0 Å². The fourth-order valence-electron chi connectivity index (χ4n) is 1.72. The van der Waals surface area contributed by atoms with Gasteiger partial charge >= 0.3 is 5.97 Å². The largest absolute Gasteiger partial charge is 0.507 e. The summed E-state index contributed by atoms with van der Waals surface area (Å²) in [6, 6.07) is 4.19. The predicted molar refractivity (Wildman–Crippen MR) is 56.9 cm³/mol. The number of fused-ring (bicyclic) bond motifs is 1. The smallest absolute Gasteiger partial charge is 0.307 e. The molecular formula is C12H8F2O3. The number of hydrogen-bond acceptors (Lipinski definition) is 2. The predicted octanol–water partition coefficient (Wildman–Crippen LogP) is 2.45. The third kappa shape index (κ3) is 2.04. The maximum Gasteiger partial charge on any atom is 0.307 e. The Morgan fingerprint density at radius 2 is 1.82 bits per heavy atom. The quantitative estimate of drug-likeness (QED) is 0.844. The van der Waals surface area contributed by atoms with E-state index in [2.05, 4.69) is 0 Å². The lowest BCUT2D eigenvalue weighted by atomic mass is 10.0. The van der Waals surface area contributed by atoms with E-state index in [1.807, 2.05) is 0 Å². The van der Waals surface area contributed by atoms with Crippen LogP contribution in [0.1, 0.15) is 5.56 Å². The van der Waals surface area contributed by atoms with Gasteiger partial charge in [0.2, 0.25) is 0 Å². The zero-order valence-electron chi connectivity index (χ0n) is 8.58. The number of aliphatic carboxylic acids is 1. The van der Waals surface area contributed by atoms with E-state index in [9.17, 15) is 18.7 Å². The number of rotatable bonds is 2. The standard InChI is InChI=1S/C12H8F2O3/c13-8-1-2-9(14)12-7(8)3-6(4-10(12)15)5-11(16)17/h1-4,15H,5H2,(H,16,17). The van der Waals surface area contributed by atoms with Crippen LogP contribution in [0, 0.1) is 11.6 Å². The van der Waals surface area contributed by atoms with Gasteiger partial charge in [0.25, 0.3) is 0 Å². The summed E-state index contributed by atoms with van der Waals surface area (Å²) in [6.45, 7) is 0. The molecule has 0 aliphatic rings. The van der Waals surface area contributed by atoms with E-state index in [4.69, 9.17) is 5.11 Å². The normalized spacial score (nSPS) is 10.7. The maximum absolute atomic E-state index is 13.4. The first-order chi connectivity index (χ1) is 7.99. The van der Waals surface area contributed by atoms with Crippen molar-refractivity contribution >= 4 is 16.7 Å². The first-order valence-electron chi connectivity index (χ1n) is 4.80. The van der Waals surface area contributed by atoms with Crippen LogP contribution in [0.25, 0.3) is 10.8 Å². The van der Waals surface area contributed by atoms with Crippen LogP contribution in [0.15, 0.2) is 24.3 Å². The third-order valence-electron chi connectivity index (χ3n) is 2.40. The van der Waals surface area contributed by atoms with Gasteiger partial charge < -0.3 is 10.2 Å². The van der Waals surface area contributed by atoms with Gasteiger partial charge in [-0.25, -0.2) is 8.78 Å². The van der Waals surface area contributed by atoms with E-state index in [1.54, 1.807) is 0 Å². The first kappa shape index (κ1) is 11.3. The lowest BCUT2D eigenvalue weighted by Crippen LogP contribution is -2.00. The first-order valence-corrected chi connectivity index (χ1v) is 4.80. The number of aromatic hydroxyl groups is 1. The van der Waals surface area contributed by atoms with Crippen LogP contribution >= 0.6 is 0 Å². The molecule has 17 heavy (non-hydrogen) atoms. The SMILES string of the molecule is O=C(O)Cc1cc(O)c2c(F)ccc(F)c2c1. The Bertz CT molecular complexity index is 608. The molecule has 0 saturated carbocycles. The van der Waals surface area contributed by atoms with Crippen molar-refractivity contribution in [2.45, 2.75) is 6.42 Å². The minimum atomic E-state index is -1.11. The number of carbonyl (C=O) groups is 1. The number of halogens is 2. The molecule has 5 heteroatoms. The van der Waals surface area contributed by atoms with Crippen LogP contribution in [0.3, 0.4) is 0 Å². The number of phenols is 1. The van der Waals surface area contributed by atoms with Crippen molar-refractivity contribution in [2.75, 3.05) is 0 Å². The van der Waals surface area contributed by atoms with Gasteiger partial charge in [-0.05, 0) is 29.8 Å². The Balaban J connectivity index is 2.72. The lowest BCUT2D eigenvalue weighted by molar-refractivity contribution is -0.136. The van der Waals surface area contributed by atoms with E-state index >= 15 is 0 Å². The maximum atomic E-state index is 13.4. The van der Waals surface area contributed by atoms with Gasteiger partial charge in [-0.3, -0.25) is 4.79 Å². The van der Waals surface area contributed by atoms with Crippen molar-refractivity contribution in [3.63, 3.8) is 0 Å². The Labute approximate surface area is 94.9 Å². The summed E-state index contributed by atoms with van der Waals surface area (Å²) in [4.78, 5) is 10.5. The zero-order valence-corrected chi connectivity index (χ0v) is 8.58. The Morgan fingerprint density at radius 3 is 2.47 bits per heavy atom. The lowest BCUT2D eigenvalue weighted by Gasteiger charge is -2.06. The van der Waals surface area contributed by atoms with Crippen molar-refractivity contribution < 1.29 is 23.8 Å². The number of benzene rings is 2. The molecule has 0 fully saturated rings. The van der Waals surface area contributed by atoms with Crippen LogP contribution in [-0.4, -0.2) is 16.2 Å². The minimum absolute atomic E-state index is 0.124. The van der Waals surface area contributed by atoms with E-state index < -0.39 is 23.4 Å². The Morgan fingerprint density at radius 1 is 1.18 bits per heavy atom. The monoisotopic (exact) mass is 238 g/mol. The number of carboxylic acids is 1. The summed E-state index contributed by atoms with van der Waals surface area (Å²) in [6.07, 6.45) is -0.362. The molecule has 0 spiro atoms. The van der Waals surface area contributed by atoms with Crippen LogP contribution in [-0.2, 0) is 11.2 Å². The van der Waals surface area contributed by atoms with Crippen LogP contribution < -0.4 is 0 Å². The molecule has 88 valence electrons. The highest BCUT2D eigenvalue weighted by Gasteiger charge is 2.13. The Kier molecular flexibility index (Phi) is 2.67. The third-order valence-corrected chi connectivity index (χ3v) is 2.40. The summed E-state index contributed by atoms with van der Waals surface area (Å²) in [5.41, 5.74) is 0.215. The highest BCUT2D eigenvalue weighted by molar-refractivity contribution is 5.90. The van der Waals surface area contributed by atoms with Gasteiger partial charge in [-0.15, -0.1) is 0 Å². The molecule has 0 atom stereocenters. The Hall–Kier alpha value is -2.17. The van der Waals surface area contributed by atoms with Crippen molar-refractivity contribution in [3.05, 3.63) is 41.5 Å². The zero-order chi connectivity index (χ0) is 12.6. The summed E-state index contributed by atoms with van der Waals surface area (Å²) in [5, 5.41) is 17.8. The molecule has 0 aliphatic carbocycles. The van der Waals surface area contributed by atoms with Gasteiger partial charge in [0.1, 0.15) is 17.4 Å². The fraction of sp³-hybridized carbons (Fsp3) is 0.0833. The van der Waals surface area contributed by atoms with Crippen molar-refractivity contribution in [3.8, 4) is 5.75 Å². The molecule has 0 aromatic heterocycles. The van der Waals surface area contributed by atoms with E-state index in [0.29, 0.717) is 0 Å². The molecule has 0 unspecified atom stereocenters. The van der Waals surface area contributed by atoms with E-state index in [-0.39, 0.29) is 22.8 Å². The molecule has 0 aliphatic heterocycles. The molecule has 2 rings (SSSR count). The average molecular weight is 238 g/mol. The second-order valence-corrected chi connectivity index (χ2v) is 3.64. The highest BCUT2D eigenvalue weighted by atomic mass is 19.1. The molecule has 2 N–H and O–H groups in total. The molecule has 0 bridgehead atoms. The van der Waals surface area contributed by atoms with Crippen molar-refractivity contribution in [1.82, 2.24) is 0 Å². The summed E-state index contributed by atoms with van der Waals surface area (Å²) in [7, 11) is 0. The molecule has 0 heterocycles. The number of phenolic OH excluding ortho intramolecular Hbond substituents is 1. The topological polar surface area (TPSA) is 57.5 Å². The second kappa shape index (κ2) is 4.01. The molecule has 3 nitrogen and oxygen atoms in total. The summed E-state index contributed by atoms with van der Waals surface area (Å²) >= 11 is 0. The molecule has 0 radical (unpaired) electrons. The van der Waals surface area contributed by atoms with Crippen LogP contribution in [0.2, 0.25) is 0 Å². The van der Waals surface area contributed by atoms with Crippen LogP contribution in [0.5, 0.6) is 5.75 Å². The van der Waals surface area contributed by atoms with Crippen molar-refractivity contribution in [1.29, 1.82) is 0 Å². The van der Waals surface area contributed by atoms with Crippen LogP contribution in [0.4, 0.5) is 8.78 Å². The molecule has 2 aromatic rings. The van der Waals surface area contributed by atoms with E-state index in [1.165, 1.54) is 6.07 Å². The van der Waals surface area contributed by atoms with Gasteiger partial charge in [0, 0.05) is 5.39 Å². The highest BCUT2D eigenvalue weighted by Crippen LogP contribution is 2.30. The molecule has 0 amide bonds. The average Bonchev–Trinajstić information content (AvgIpc) is 2.22. The van der Waals surface area contributed by atoms with Gasteiger partial charge in [0.15, 0.2) is 0 Å². The summed E-state index contributed by atoms with van der Waals surface area (Å²) < 4.78 is 26.8. The fourth-order valence-corrected chi connectivity index (χ4v) is 1.72. The molecule has 0 saturated heterocycles. The molecular weight excluding hydrogens is 230 g/mol. The van der Waals surface area contributed by atoms with E-state index in [0.717, 1.165) is 18.2 Å². The molecule has 2 aromatic carbocycles. The number of hydrogen-bond donors (Lipinski definition) is 2. The van der Waals surface area contributed by atoms with Gasteiger partial charge in [-0.1, -0.05) is 0 Å².